The van der Waals surface area contributed by atoms with Crippen molar-refractivity contribution in [2.24, 2.45) is 0 Å². The fourth-order valence-corrected chi connectivity index (χ4v) is 2.61. The van der Waals surface area contributed by atoms with Gasteiger partial charge in [0.2, 0.25) is 5.78 Å². The highest BCUT2D eigenvalue weighted by molar-refractivity contribution is 7.14. The maximum atomic E-state index is 12.2. The van der Waals surface area contributed by atoms with Crippen LogP contribution in [0.25, 0.3) is 0 Å². The minimum Gasteiger partial charge on any atom is -0.288 e. The largest absolute Gasteiger partial charge is 0.288 e. The predicted molar refractivity (Wildman–Crippen MR) is 66.5 cm³/mol. The molecule has 0 atom stereocenters. The Morgan fingerprint density at radius 1 is 1.31 bits per heavy atom. The lowest BCUT2D eigenvalue weighted by molar-refractivity contribution is 0.104. The van der Waals surface area contributed by atoms with Gasteiger partial charge in [0.05, 0.1) is 20.6 Å². The highest BCUT2D eigenvalue weighted by atomic mass is 35.5. The monoisotopic (exact) mass is 251 g/mol. The lowest BCUT2D eigenvalue weighted by Gasteiger charge is -2.01. The molecule has 4 heteroatoms. The minimum atomic E-state index is -0.0475. The van der Waals surface area contributed by atoms with Gasteiger partial charge in [-0.15, -0.1) is 11.3 Å². The number of halogens is 1. The molecule has 0 aliphatic heterocycles. The number of carbonyl (C=O) groups excluding carboxylic acids is 1. The summed E-state index contributed by atoms with van der Waals surface area (Å²) in [5, 5.41) is 1.38. The number of benzene rings is 1. The van der Waals surface area contributed by atoms with Gasteiger partial charge < -0.3 is 0 Å². The minimum absolute atomic E-state index is 0.0475. The molecule has 0 aliphatic rings. The Labute approximate surface area is 103 Å². The zero-order chi connectivity index (χ0) is 11.7. The van der Waals surface area contributed by atoms with Crippen LogP contribution in [0.1, 0.15) is 25.9 Å². The number of carbonyl (C=O) groups is 1. The Morgan fingerprint density at radius 2 is 2.00 bits per heavy atom. The molecule has 0 saturated heterocycles. The second-order valence-corrected chi connectivity index (χ2v) is 5.07. The smallest absolute Gasteiger partial charge is 0.206 e. The van der Waals surface area contributed by atoms with Gasteiger partial charge in [-0.25, -0.2) is 4.98 Å². The molecule has 0 saturated carbocycles. The third-order valence-electron chi connectivity index (χ3n) is 2.23. The van der Waals surface area contributed by atoms with Crippen LogP contribution in [0.5, 0.6) is 0 Å². The normalized spacial score (nSPS) is 10.4. The van der Waals surface area contributed by atoms with Crippen LogP contribution < -0.4 is 0 Å². The van der Waals surface area contributed by atoms with Crippen molar-refractivity contribution in [3.63, 3.8) is 0 Å². The Kier molecular flexibility index (Phi) is 3.08. The van der Waals surface area contributed by atoms with E-state index in [-0.39, 0.29) is 5.78 Å². The molecule has 0 spiro atoms. The van der Waals surface area contributed by atoms with E-state index in [1.165, 1.54) is 11.3 Å². The maximum absolute atomic E-state index is 12.2. The molecule has 2 nitrogen and oxygen atoms in total. The van der Waals surface area contributed by atoms with E-state index in [1.54, 1.807) is 12.1 Å². The van der Waals surface area contributed by atoms with Crippen LogP contribution in [0.15, 0.2) is 24.3 Å². The summed E-state index contributed by atoms with van der Waals surface area (Å²) in [5.74, 6) is -0.0475. The molecule has 16 heavy (non-hydrogen) atoms. The lowest BCUT2D eigenvalue weighted by atomic mass is 10.1. The molecular weight excluding hydrogens is 242 g/mol. The maximum Gasteiger partial charge on any atom is 0.206 e. The summed E-state index contributed by atoms with van der Waals surface area (Å²) in [4.78, 5) is 17.1. The molecule has 2 rings (SSSR count). The summed E-state index contributed by atoms with van der Waals surface area (Å²) < 4.78 is 0. The highest BCUT2D eigenvalue weighted by Gasteiger charge is 2.17. The first kappa shape index (κ1) is 11.3. The van der Waals surface area contributed by atoms with E-state index in [4.69, 9.17) is 11.6 Å². The van der Waals surface area contributed by atoms with E-state index < -0.39 is 0 Å². The second kappa shape index (κ2) is 4.36. The molecule has 2 aromatic rings. The molecule has 0 radical (unpaired) electrons. The van der Waals surface area contributed by atoms with Crippen LogP contribution in [0.2, 0.25) is 5.02 Å². The summed E-state index contributed by atoms with van der Waals surface area (Å²) in [6.07, 6.45) is 0. The van der Waals surface area contributed by atoms with Crippen molar-refractivity contribution in [1.29, 1.82) is 0 Å². The molecule has 82 valence electrons. The molecule has 0 fully saturated rings. The summed E-state index contributed by atoms with van der Waals surface area (Å²) in [6.45, 7) is 3.73. The number of ketones is 1. The van der Waals surface area contributed by atoms with Crippen molar-refractivity contribution in [2.75, 3.05) is 0 Å². The van der Waals surface area contributed by atoms with Crippen molar-refractivity contribution in [3.8, 4) is 0 Å². The number of thiazole rings is 1. The molecule has 1 aromatic heterocycles. The van der Waals surface area contributed by atoms with E-state index >= 15 is 0 Å². The quantitative estimate of drug-likeness (QED) is 0.763. The zero-order valence-corrected chi connectivity index (χ0v) is 10.5. The molecule has 0 unspecified atom stereocenters. The van der Waals surface area contributed by atoms with Crippen molar-refractivity contribution >= 4 is 28.7 Å². The third-order valence-corrected chi connectivity index (χ3v) is 3.63. The predicted octanol–water partition coefficient (Wildman–Crippen LogP) is 3.64. The number of aromatic nitrogens is 1. The van der Waals surface area contributed by atoms with E-state index in [2.05, 4.69) is 4.98 Å². The van der Waals surface area contributed by atoms with E-state index in [1.807, 2.05) is 26.0 Å². The van der Waals surface area contributed by atoms with Crippen LogP contribution in [0, 0.1) is 13.8 Å². The summed E-state index contributed by atoms with van der Waals surface area (Å²) in [6, 6.07) is 7.07. The number of nitrogens with zero attached hydrogens (tertiary/aromatic N) is 1. The number of aryl methyl sites for hydroxylation is 2. The van der Waals surface area contributed by atoms with Gasteiger partial charge in [-0.3, -0.25) is 4.79 Å². The third kappa shape index (κ3) is 2.01. The van der Waals surface area contributed by atoms with Gasteiger partial charge in [0.1, 0.15) is 0 Å². The summed E-state index contributed by atoms with van der Waals surface area (Å²) in [7, 11) is 0. The molecule has 0 bridgehead atoms. The van der Waals surface area contributed by atoms with Gasteiger partial charge in [-0.05, 0) is 26.0 Å². The highest BCUT2D eigenvalue weighted by Crippen LogP contribution is 2.24. The molecule has 1 aromatic carbocycles. The van der Waals surface area contributed by atoms with Crippen LogP contribution in [0.3, 0.4) is 0 Å². The average Bonchev–Trinajstić information content (AvgIpc) is 2.58. The Bertz CT molecular complexity index is 548. The number of rotatable bonds is 2. The molecule has 1 heterocycles. The van der Waals surface area contributed by atoms with Gasteiger partial charge in [-0.2, -0.15) is 0 Å². The van der Waals surface area contributed by atoms with Gasteiger partial charge >= 0.3 is 0 Å². The van der Waals surface area contributed by atoms with Gasteiger partial charge in [0, 0.05) is 5.56 Å². The second-order valence-electron chi connectivity index (χ2n) is 3.46. The first-order valence-electron chi connectivity index (χ1n) is 4.83. The summed E-state index contributed by atoms with van der Waals surface area (Å²) >= 11 is 7.40. The van der Waals surface area contributed by atoms with Gasteiger partial charge in [0.15, 0.2) is 0 Å². The van der Waals surface area contributed by atoms with Gasteiger partial charge in [-0.1, -0.05) is 23.7 Å². The van der Waals surface area contributed by atoms with Crippen molar-refractivity contribution in [1.82, 2.24) is 4.98 Å². The Balaban J connectivity index is 2.47. The van der Waals surface area contributed by atoms with Crippen LogP contribution in [-0.4, -0.2) is 10.8 Å². The number of hydrogen-bond acceptors (Lipinski definition) is 3. The molecule has 0 N–H and O–H groups in total. The molecule has 0 aliphatic carbocycles. The molecular formula is C12H10ClNOS. The Morgan fingerprint density at radius 3 is 2.56 bits per heavy atom. The van der Waals surface area contributed by atoms with Crippen molar-refractivity contribution < 1.29 is 4.79 Å². The van der Waals surface area contributed by atoms with E-state index in [0.717, 1.165) is 10.7 Å². The topological polar surface area (TPSA) is 30.0 Å². The first-order chi connectivity index (χ1) is 7.59. The average molecular weight is 252 g/mol. The van der Waals surface area contributed by atoms with E-state index in [0.29, 0.717) is 15.5 Å². The van der Waals surface area contributed by atoms with Crippen molar-refractivity contribution in [2.45, 2.75) is 13.8 Å². The number of hydrogen-bond donors (Lipinski definition) is 0. The lowest BCUT2D eigenvalue weighted by Crippen LogP contribution is -2.01. The Hall–Kier alpha value is -1.19. The van der Waals surface area contributed by atoms with Crippen molar-refractivity contribution in [3.05, 3.63) is 50.4 Å². The fourth-order valence-electron chi connectivity index (χ4n) is 1.51. The standard InChI is InChI=1S/C12H10ClNOS/c1-7-12(16-8(2)14-7)11(15)9-5-3-4-6-10(9)13/h3-6H,1-2H3. The van der Waals surface area contributed by atoms with Crippen LogP contribution in [0.4, 0.5) is 0 Å². The summed E-state index contributed by atoms with van der Waals surface area (Å²) in [5.41, 5.74) is 1.31. The SMILES string of the molecule is Cc1nc(C)c(C(=O)c2ccccc2Cl)s1. The van der Waals surface area contributed by atoms with Crippen LogP contribution >= 0.6 is 22.9 Å². The van der Waals surface area contributed by atoms with Gasteiger partial charge in [0.25, 0.3) is 0 Å². The van der Waals surface area contributed by atoms with E-state index in [9.17, 15) is 4.79 Å². The fraction of sp³-hybridized carbons (Fsp3) is 0.167. The zero-order valence-electron chi connectivity index (χ0n) is 8.95. The van der Waals surface area contributed by atoms with Crippen LogP contribution in [-0.2, 0) is 0 Å². The molecule has 0 amide bonds. The first-order valence-corrected chi connectivity index (χ1v) is 6.02.